The molecular formula is C10H17NO3. The van der Waals surface area contributed by atoms with Crippen LogP contribution in [-0.4, -0.2) is 34.9 Å². The Kier molecular flexibility index (Phi) is 5.83. The van der Waals surface area contributed by atoms with Crippen LogP contribution >= 0.6 is 0 Å². The molecule has 0 spiro atoms. The van der Waals surface area contributed by atoms with E-state index in [9.17, 15) is 9.90 Å². The third-order valence-electron chi connectivity index (χ3n) is 1.54. The summed E-state index contributed by atoms with van der Waals surface area (Å²) in [6, 6.07) is 0. The van der Waals surface area contributed by atoms with Gasteiger partial charge in [-0.25, -0.2) is 0 Å². The van der Waals surface area contributed by atoms with Gasteiger partial charge in [0.25, 0.3) is 0 Å². The third kappa shape index (κ3) is 6.39. The zero-order valence-corrected chi connectivity index (χ0v) is 8.53. The van der Waals surface area contributed by atoms with Gasteiger partial charge in [-0.05, 0) is 13.8 Å². The Balaban J connectivity index is 3.85. The van der Waals surface area contributed by atoms with E-state index in [-0.39, 0.29) is 19.1 Å². The summed E-state index contributed by atoms with van der Waals surface area (Å²) in [5.74, 6) is -0.295. The van der Waals surface area contributed by atoms with Crippen LogP contribution in [0.3, 0.4) is 0 Å². The molecule has 0 aliphatic rings. The van der Waals surface area contributed by atoms with Gasteiger partial charge in [-0.3, -0.25) is 4.79 Å². The van der Waals surface area contributed by atoms with Crippen LogP contribution in [0.4, 0.5) is 0 Å². The van der Waals surface area contributed by atoms with E-state index in [1.807, 2.05) is 6.92 Å². The summed E-state index contributed by atoms with van der Waals surface area (Å²) < 4.78 is 0. The van der Waals surface area contributed by atoms with Gasteiger partial charge in [0, 0.05) is 12.6 Å². The SMILES string of the molecule is CC=CC=CC(=O)NCC(C)(O)CO. The number of hydrogen-bond acceptors (Lipinski definition) is 3. The third-order valence-corrected chi connectivity index (χ3v) is 1.54. The first-order valence-corrected chi connectivity index (χ1v) is 4.42. The molecule has 1 amide bonds. The van der Waals surface area contributed by atoms with Crippen molar-refractivity contribution < 1.29 is 15.0 Å². The van der Waals surface area contributed by atoms with Crippen molar-refractivity contribution in [3.63, 3.8) is 0 Å². The molecule has 14 heavy (non-hydrogen) atoms. The van der Waals surface area contributed by atoms with Gasteiger partial charge in [0.15, 0.2) is 0 Å². The van der Waals surface area contributed by atoms with Gasteiger partial charge in [0.05, 0.1) is 6.61 Å². The molecule has 0 aliphatic heterocycles. The Morgan fingerprint density at radius 3 is 2.64 bits per heavy atom. The number of hydrogen-bond donors (Lipinski definition) is 3. The summed E-state index contributed by atoms with van der Waals surface area (Å²) in [5.41, 5.74) is -1.26. The van der Waals surface area contributed by atoms with E-state index in [1.54, 1.807) is 18.2 Å². The van der Waals surface area contributed by atoms with Gasteiger partial charge in [-0.2, -0.15) is 0 Å². The van der Waals surface area contributed by atoms with Gasteiger partial charge in [0.2, 0.25) is 5.91 Å². The highest BCUT2D eigenvalue weighted by Gasteiger charge is 2.18. The van der Waals surface area contributed by atoms with E-state index < -0.39 is 5.60 Å². The number of carbonyl (C=O) groups is 1. The summed E-state index contributed by atoms with van der Waals surface area (Å²) in [5, 5.41) is 20.5. The minimum absolute atomic E-state index is 0.0303. The van der Waals surface area contributed by atoms with Crippen LogP contribution in [0.5, 0.6) is 0 Å². The lowest BCUT2D eigenvalue weighted by atomic mass is 10.1. The van der Waals surface area contributed by atoms with Crippen molar-refractivity contribution >= 4 is 5.91 Å². The van der Waals surface area contributed by atoms with E-state index >= 15 is 0 Å². The Morgan fingerprint density at radius 2 is 2.14 bits per heavy atom. The summed E-state index contributed by atoms with van der Waals surface area (Å²) in [7, 11) is 0. The fourth-order valence-electron chi connectivity index (χ4n) is 0.646. The largest absolute Gasteiger partial charge is 0.393 e. The molecule has 0 heterocycles. The van der Waals surface area contributed by atoms with Gasteiger partial charge in [-0.1, -0.05) is 18.2 Å². The van der Waals surface area contributed by atoms with Crippen LogP contribution in [0.2, 0.25) is 0 Å². The second-order valence-electron chi connectivity index (χ2n) is 3.26. The Hall–Kier alpha value is -1.13. The zero-order chi connectivity index (χ0) is 11.0. The van der Waals surface area contributed by atoms with E-state index in [0.717, 1.165) is 0 Å². The summed E-state index contributed by atoms with van der Waals surface area (Å²) in [6.45, 7) is 2.94. The lowest BCUT2D eigenvalue weighted by Gasteiger charge is -2.19. The molecular weight excluding hydrogens is 182 g/mol. The topological polar surface area (TPSA) is 69.6 Å². The van der Waals surface area contributed by atoms with Crippen LogP contribution in [-0.2, 0) is 4.79 Å². The molecule has 0 rings (SSSR count). The Labute approximate surface area is 83.9 Å². The van der Waals surface area contributed by atoms with Gasteiger partial charge in [0.1, 0.15) is 5.60 Å². The number of allylic oxidation sites excluding steroid dienone is 3. The average Bonchev–Trinajstić information content (AvgIpc) is 2.16. The zero-order valence-electron chi connectivity index (χ0n) is 8.53. The van der Waals surface area contributed by atoms with Crippen LogP contribution in [0, 0.1) is 0 Å². The maximum Gasteiger partial charge on any atom is 0.244 e. The highest BCUT2D eigenvalue weighted by atomic mass is 16.3. The number of carbonyl (C=O) groups excluding carboxylic acids is 1. The lowest BCUT2D eigenvalue weighted by molar-refractivity contribution is -0.118. The molecule has 80 valence electrons. The number of rotatable bonds is 5. The summed E-state index contributed by atoms with van der Waals surface area (Å²) >= 11 is 0. The van der Waals surface area contributed by atoms with Crippen molar-refractivity contribution in [2.45, 2.75) is 19.4 Å². The van der Waals surface area contributed by atoms with Crippen LogP contribution in [0.25, 0.3) is 0 Å². The van der Waals surface area contributed by atoms with E-state index in [2.05, 4.69) is 5.32 Å². The molecule has 0 saturated carbocycles. The quantitative estimate of drug-likeness (QED) is 0.430. The fraction of sp³-hybridized carbons (Fsp3) is 0.500. The van der Waals surface area contributed by atoms with Crippen molar-refractivity contribution in [1.29, 1.82) is 0 Å². The molecule has 0 saturated heterocycles. The van der Waals surface area contributed by atoms with Crippen molar-refractivity contribution in [3.8, 4) is 0 Å². The van der Waals surface area contributed by atoms with E-state index in [4.69, 9.17) is 5.11 Å². The molecule has 0 fully saturated rings. The second-order valence-corrected chi connectivity index (χ2v) is 3.26. The molecule has 1 unspecified atom stereocenters. The van der Waals surface area contributed by atoms with E-state index in [1.165, 1.54) is 13.0 Å². The first-order valence-electron chi connectivity index (χ1n) is 4.42. The number of aliphatic hydroxyl groups excluding tert-OH is 1. The molecule has 1 atom stereocenters. The molecule has 4 heteroatoms. The van der Waals surface area contributed by atoms with Crippen LogP contribution in [0.1, 0.15) is 13.8 Å². The maximum absolute atomic E-state index is 11.1. The van der Waals surface area contributed by atoms with Crippen molar-refractivity contribution in [2.24, 2.45) is 0 Å². The van der Waals surface area contributed by atoms with Crippen molar-refractivity contribution in [3.05, 3.63) is 24.3 Å². The normalized spacial score (nSPS) is 16.0. The molecule has 0 aromatic rings. The molecule has 0 aromatic heterocycles. The fourth-order valence-corrected chi connectivity index (χ4v) is 0.646. The smallest absolute Gasteiger partial charge is 0.244 e. The highest BCUT2D eigenvalue weighted by Crippen LogP contribution is 1.98. The minimum Gasteiger partial charge on any atom is -0.393 e. The first-order chi connectivity index (χ1) is 6.52. The van der Waals surface area contributed by atoms with E-state index in [0.29, 0.717) is 0 Å². The second kappa shape index (κ2) is 6.34. The minimum atomic E-state index is -1.26. The standard InChI is InChI=1S/C10H17NO3/c1-3-4-5-6-9(13)11-7-10(2,14)8-12/h3-6,12,14H,7-8H2,1-2H3,(H,11,13). The maximum atomic E-state index is 11.1. The van der Waals surface area contributed by atoms with Crippen molar-refractivity contribution in [2.75, 3.05) is 13.2 Å². The molecule has 0 aliphatic carbocycles. The highest BCUT2D eigenvalue weighted by molar-refractivity contribution is 5.87. The number of aliphatic hydroxyl groups is 2. The predicted molar refractivity (Wildman–Crippen MR) is 54.7 cm³/mol. The molecule has 3 N–H and O–H groups in total. The van der Waals surface area contributed by atoms with Gasteiger partial charge < -0.3 is 15.5 Å². The Morgan fingerprint density at radius 1 is 1.50 bits per heavy atom. The van der Waals surface area contributed by atoms with Gasteiger partial charge in [-0.15, -0.1) is 0 Å². The van der Waals surface area contributed by atoms with Crippen LogP contribution < -0.4 is 5.32 Å². The van der Waals surface area contributed by atoms with Crippen LogP contribution in [0.15, 0.2) is 24.3 Å². The summed E-state index contributed by atoms with van der Waals surface area (Å²) in [6.07, 6.45) is 6.48. The molecule has 0 aromatic carbocycles. The Bertz CT molecular complexity index is 232. The van der Waals surface area contributed by atoms with Gasteiger partial charge >= 0.3 is 0 Å². The predicted octanol–water partition coefficient (Wildman–Crippen LogP) is -0.0218. The average molecular weight is 199 g/mol. The monoisotopic (exact) mass is 199 g/mol. The molecule has 4 nitrogen and oxygen atoms in total. The van der Waals surface area contributed by atoms with Crippen molar-refractivity contribution in [1.82, 2.24) is 5.32 Å². The number of nitrogens with one attached hydrogen (secondary N) is 1. The molecule has 0 radical (unpaired) electrons. The molecule has 0 bridgehead atoms. The lowest BCUT2D eigenvalue weighted by Crippen LogP contribution is -2.42. The number of amides is 1. The summed E-state index contributed by atoms with van der Waals surface area (Å²) in [4.78, 5) is 11.1. The first kappa shape index (κ1) is 12.9.